The van der Waals surface area contributed by atoms with Crippen LogP contribution in [0.3, 0.4) is 0 Å². The number of nitrogens with zero attached hydrogens (tertiary/aromatic N) is 2. The number of rotatable bonds is 7. The highest BCUT2D eigenvalue weighted by Crippen LogP contribution is 2.39. The molecule has 1 amide bonds. The Hall–Kier alpha value is -3.58. The number of hydrogen-bond acceptors (Lipinski definition) is 3. The number of fused-ring (bicyclic) bond motifs is 1. The summed E-state index contributed by atoms with van der Waals surface area (Å²) < 4.78 is 2.03. The Labute approximate surface area is 212 Å². The second-order valence-electron chi connectivity index (χ2n) is 8.11. The quantitative estimate of drug-likeness (QED) is 0.263. The van der Waals surface area contributed by atoms with E-state index in [4.69, 9.17) is 28.2 Å². The lowest BCUT2D eigenvalue weighted by Crippen LogP contribution is -2.27. The lowest BCUT2D eigenvalue weighted by Gasteiger charge is -2.13. The number of nitrogens with one attached hydrogen (secondary N) is 2. The summed E-state index contributed by atoms with van der Waals surface area (Å²) in [4.78, 5) is 21.2. The molecule has 5 aromatic rings. The molecule has 3 N–H and O–H groups in total. The molecule has 3 aromatic carbocycles. The maximum absolute atomic E-state index is 13.2. The van der Waals surface area contributed by atoms with Gasteiger partial charge in [-0.05, 0) is 29.8 Å². The first kappa shape index (κ1) is 23.2. The van der Waals surface area contributed by atoms with Crippen LogP contribution in [0.5, 0.6) is 0 Å². The van der Waals surface area contributed by atoms with Gasteiger partial charge in [0.1, 0.15) is 5.69 Å². The van der Waals surface area contributed by atoms with E-state index in [2.05, 4.69) is 10.3 Å². The molecule has 8 heteroatoms. The van der Waals surface area contributed by atoms with Gasteiger partial charge in [0.05, 0.1) is 24.3 Å². The molecule has 0 aliphatic heterocycles. The molecular weight excluding hydrogens is 483 g/mol. The zero-order chi connectivity index (χ0) is 24.4. The molecule has 2 aromatic heterocycles. The van der Waals surface area contributed by atoms with Crippen molar-refractivity contribution in [1.29, 1.82) is 0 Å². The molecule has 0 bridgehead atoms. The number of aliphatic hydroxyl groups is 1. The summed E-state index contributed by atoms with van der Waals surface area (Å²) in [5.41, 5.74) is 5.37. The lowest BCUT2D eigenvalue weighted by molar-refractivity contribution is 0.0941. The van der Waals surface area contributed by atoms with Crippen molar-refractivity contribution in [2.24, 2.45) is 0 Å². The Morgan fingerprint density at radius 1 is 1.00 bits per heavy atom. The fourth-order valence-corrected chi connectivity index (χ4v) is 4.50. The summed E-state index contributed by atoms with van der Waals surface area (Å²) in [6.07, 6.45) is 1.79. The van der Waals surface area contributed by atoms with E-state index >= 15 is 0 Å². The summed E-state index contributed by atoms with van der Waals surface area (Å²) in [5, 5.41) is 14.1. The first-order chi connectivity index (χ1) is 17.0. The van der Waals surface area contributed by atoms with E-state index < -0.39 is 0 Å². The molecule has 5 rings (SSSR count). The van der Waals surface area contributed by atoms with E-state index in [1.165, 1.54) is 0 Å². The number of amides is 1. The van der Waals surface area contributed by atoms with Crippen molar-refractivity contribution in [2.45, 2.75) is 6.54 Å². The van der Waals surface area contributed by atoms with E-state index in [-0.39, 0.29) is 19.1 Å². The van der Waals surface area contributed by atoms with Gasteiger partial charge < -0.3 is 20.0 Å². The normalized spacial score (nSPS) is 11.2. The third kappa shape index (κ3) is 4.68. The molecule has 0 saturated heterocycles. The van der Waals surface area contributed by atoms with E-state index in [0.29, 0.717) is 22.3 Å². The molecule has 176 valence electrons. The van der Waals surface area contributed by atoms with Gasteiger partial charge in [0, 0.05) is 45.2 Å². The molecule has 0 radical (unpaired) electrons. The van der Waals surface area contributed by atoms with Gasteiger partial charge in [0.15, 0.2) is 0 Å². The number of aromatic amines is 1. The van der Waals surface area contributed by atoms with Gasteiger partial charge in [-0.2, -0.15) is 0 Å². The third-order valence-corrected chi connectivity index (χ3v) is 6.26. The van der Waals surface area contributed by atoms with Crippen molar-refractivity contribution >= 4 is 40.0 Å². The summed E-state index contributed by atoms with van der Waals surface area (Å²) in [5.74, 6) is -0.320. The molecule has 35 heavy (non-hydrogen) atoms. The summed E-state index contributed by atoms with van der Waals surface area (Å²) in [6.45, 7) is 0.519. The maximum Gasteiger partial charge on any atom is 0.268 e. The van der Waals surface area contributed by atoms with Crippen LogP contribution in [-0.4, -0.2) is 38.7 Å². The molecule has 0 fully saturated rings. The second-order valence-corrected chi connectivity index (χ2v) is 8.98. The zero-order valence-corrected chi connectivity index (χ0v) is 20.1. The fraction of sp³-hybridized carbons (Fsp3) is 0.111. The van der Waals surface area contributed by atoms with Crippen LogP contribution in [0.2, 0.25) is 10.0 Å². The predicted molar refractivity (Wildman–Crippen MR) is 140 cm³/mol. The Balaban J connectivity index is 1.76. The number of imidazole rings is 1. The van der Waals surface area contributed by atoms with Crippen molar-refractivity contribution in [2.75, 3.05) is 13.2 Å². The maximum atomic E-state index is 13.2. The Bertz CT molecular complexity index is 1490. The van der Waals surface area contributed by atoms with Crippen LogP contribution >= 0.6 is 23.2 Å². The highest BCUT2D eigenvalue weighted by atomic mass is 35.5. The van der Waals surface area contributed by atoms with Crippen LogP contribution in [0.4, 0.5) is 0 Å². The molecule has 0 unspecified atom stereocenters. The number of halogens is 2. The standard InChI is InChI=1S/C27H22Cl2N4O2/c28-19-8-6-17(7-9-19)15-33-16-31-24(18-4-2-1-3-5-18)26(33)23-21-11-10-20(29)14-22(21)32-25(23)27(35)30-12-13-34/h1-11,14,16,32,34H,12-13,15H2,(H,30,35). The monoisotopic (exact) mass is 504 g/mol. The summed E-state index contributed by atoms with van der Waals surface area (Å²) >= 11 is 12.4. The minimum Gasteiger partial charge on any atom is -0.395 e. The molecule has 2 heterocycles. The van der Waals surface area contributed by atoms with Crippen molar-refractivity contribution in [3.63, 3.8) is 0 Å². The Morgan fingerprint density at radius 3 is 2.49 bits per heavy atom. The number of H-pyrrole nitrogens is 1. The van der Waals surface area contributed by atoms with Gasteiger partial charge in [-0.15, -0.1) is 0 Å². The molecule has 6 nitrogen and oxygen atoms in total. The van der Waals surface area contributed by atoms with Crippen LogP contribution in [0.15, 0.2) is 79.1 Å². The Morgan fingerprint density at radius 2 is 1.74 bits per heavy atom. The highest BCUT2D eigenvalue weighted by molar-refractivity contribution is 6.31. The van der Waals surface area contributed by atoms with E-state index in [1.54, 1.807) is 18.5 Å². The molecule has 0 spiro atoms. The summed E-state index contributed by atoms with van der Waals surface area (Å²) in [7, 11) is 0. The molecular formula is C27H22Cl2N4O2. The van der Waals surface area contributed by atoms with E-state index in [1.807, 2.05) is 65.2 Å². The number of carbonyl (C=O) groups is 1. The van der Waals surface area contributed by atoms with Crippen LogP contribution in [-0.2, 0) is 6.54 Å². The third-order valence-electron chi connectivity index (χ3n) is 5.77. The van der Waals surface area contributed by atoms with Crippen LogP contribution in [0, 0.1) is 0 Å². The minimum absolute atomic E-state index is 0.143. The van der Waals surface area contributed by atoms with Gasteiger partial charge >= 0.3 is 0 Å². The van der Waals surface area contributed by atoms with Crippen LogP contribution < -0.4 is 5.32 Å². The first-order valence-corrected chi connectivity index (χ1v) is 11.9. The van der Waals surface area contributed by atoms with Crippen molar-refractivity contribution < 1.29 is 9.90 Å². The zero-order valence-electron chi connectivity index (χ0n) is 18.6. The fourth-order valence-electron chi connectivity index (χ4n) is 4.20. The minimum atomic E-state index is -0.320. The van der Waals surface area contributed by atoms with Crippen molar-refractivity contribution in [1.82, 2.24) is 19.9 Å². The largest absolute Gasteiger partial charge is 0.395 e. The average Bonchev–Trinajstić information content (AvgIpc) is 3.45. The average molecular weight is 505 g/mol. The predicted octanol–water partition coefficient (Wildman–Crippen LogP) is 5.78. The van der Waals surface area contributed by atoms with Gasteiger partial charge in [-0.25, -0.2) is 4.98 Å². The van der Waals surface area contributed by atoms with Gasteiger partial charge in [0.2, 0.25) is 0 Å². The first-order valence-electron chi connectivity index (χ1n) is 11.1. The second kappa shape index (κ2) is 9.96. The molecule has 0 atom stereocenters. The van der Waals surface area contributed by atoms with E-state index in [0.717, 1.165) is 39.0 Å². The summed E-state index contributed by atoms with van der Waals surface area (Å²) in [6, 6.07) is 23.0. The number of aromatic nitrogens is 3. The smallest absolute Gasteiger partial charge is 0.268 e. The lowest BCUT2D eigenvalue weighted by atomic mass is 10.0. The number of aliphatic hydroxyl groups excluding tert-OH is 1. The Kier molecular flexibility index (Phi) is 6.59. The van der Waals surface area contributed by atoms with E-state index in [9.17, 15) is 9.90 Å². The van der Waals surface area contributed by atoms with Crippen molar-refractivity contribution in [3.05, 3.63) is 100 Å². The molecule has 0 saturated carbocycles. The number of benzene rings is 3. The van der Waals surface area contributed by atoms with Crippen LogP contribution in [0.1, 0.15) is 16.1 Å². The van der Waals surface area contributed by atoms with Gasteiger partial charge in [-0.3, -0.25) is 4.79 Å². The SMILES string of the molecule is O=C(NCCO)c1[nH]c2cc(Cl)ccc2c1-c1c(-c2ccccc2)ncn1Cc1ccc(Cl)cc1. The topological polar surface area (TPSA) is 82.9 Å². The van der Waals surface area contributed by atoms with Crippen molar-refractivity contribution in [3.8, 4) is 22.5 Å². The number of carbonyl (C=O) groups excluding carboxylic acids is 1. The molecule has 0 aliphatic carbocycles. The highest BCUT2D eigenvalue weighted by Gasteiger charge is 2.25. The molecule has 0 aliphatic rings. The van der Waals surface area contributed by atoms with Gasteiger partial charge in [0.25, 0.3) is 5.91 Å². The van der Waals surface area contributed by atoms with Gasteiger partial charge in [-0.1, -0.05) is 71.7 Å². The van der Waals surface area contributed by atoms with Crippen LogP contribution in [0.25, 0.3) is 33.4 Å². The number of hydrogen-bond donors (Lipinski definition) is 3.